The van der Waals surface area contributed by atoms with Crippen LogP contribution in [-0.4, -0.2) is 25.7 Å². The van der Waals surface area contributed by atoms with E-state index in [9.17, 15) is 9.59 Å². The van der Waals surface area contributed by atoms with Crippen LogP contribution in [-0.2, 0) is 20.0 Å². The lowest BCUT2D eigenvalue weighted by molar-refractivity contribution is 0.0950. The smallest absolute Gasteiger partial charge is 0.323 e. The number of benzene rings is 3. The number of rotatable bonds is 6. The average Bonchev–Trinajstić information content (AvgIpc) is 3.40. The minimum absolute atomic E-state index is 0.146. The Kier molecular flexibility index (Phi) is 5.36. The lowest BCUT2D eigenvalue weighted by Gasteiger charge is -2.09. The van der Waals surface area contributed by atoms with Crippen LogP contribution in [0.4, 0.5) is 0 Å². The molecule has 164 valence electrons. The summed E-state index contributed by atoms with van der Waals surface area (Å²) in [6.45, 7) is 0.407. The van der Waals surface area contributed by atoms with Crippen molar-refractivity contribution < 1.29 is 4.79 Å². The highest BCUT2D eigenvalue weighted by Gasteiger charge is 2.16. The summed E-state index contributed by atoms with van der Waals surface area (Å²) in [6, 6.07) is 23.7. The first kappa shape index (κ1) is 20.5. The largest absolute Gasteiger partial charge is 0.348 e. The van der Waals surface area contributed by atoms with E-state index in [1.165, 1.54) is 0 Å². The number of imidazole rings is 1. The minimum atomic E-state index is -0.223. The summed E-state index contributed by atoms with van der Waals surface area (Å²) in [7, 11) is 1.85. The van der Waals surface area contributed by atoms with Gasteiger partial charge >= 0.3 is 5.69 Å². The maximum Gasteiger partial charge on any atom is 0.323 e. The molecule has 0 fully saturated rings. The quantitative estimate of drug-likeness (QED) is 0.377. The molecule has 0 saturated carbocycles. The van der Waals surface area contributed by atoms with Gasteiger partial charge in [-0.2, -0.15) is 5.10 Å². The molecule has 3 aromatic carbocycles. The topological polar surface area (TPSA) is 95.6 Å². The third kappa shape index (κ3) is 4.21. The number of aromatic nitrogens is 4. The van der Waals surface area contributed by atoms with Gasteiger partial charge in [0.1, 0.15) is 0 Å². The number of H-pyrrole nitrogens is 2. The second-order valence-corrected chi connectivity index (χ2v) is 7.98. The van der Waals surface area contributed by atoms with Crippen molar-refractivity contribution in [3.63, 3.8) is 0 Å². The Bertz CT molecular complexity index is 1480. The lowest BCUT2D eigenvalue weighted by Crippen LogP contribution is -2.24. The van der Waals surface area contributed by atoms with Crippen molar-refractivity contribution in [2.45, 2.75) is 13.0 Å². The summed E-state index contributed by atoms with van der Waals surface area (Å²) in [5, 5.41) is 7.29. The Morgan fingerprint density at radius 1 is 0.939 bits per heavy atom. The van der Waals surface area contributed by atoms with Crippen molar-refractivity contribution in [2.75, 3.05) is 0 Å². The first-order valence-electron chi connectivity index (χ1n) is 10.7. The van der Waals surface area contributed by atoms with Crippen LogP contribution >= 0.6 is 0 Å². The Morgan fingerprint density at radius 2 is 1.73 bits per heavy atom. The van der Waals surface area contributed by atoms with Crippen molar-refractivity contribution in [1.82, 2.24) is 25.1 Å². The van der Waals surface area contributed by atoms with Crippen LogP contribution in [0.5, 0.6) is 0 Å². The van der Waals surface area contributed by atoms with E-state index in [0.717, 1.165) is 39.0 Å². The fraction of sp³-hybridized carbons (Fsp3) is 0.115. The number of aryl methyl sites for hydroxylation is 1. The van der Waals surface area contributed by atoms with E-state index in [1.54, 1.807) is 10.9 Å². The van der Waals surface area contributed by atoms with E-state index in [0.29, 0.717) is 18.5 Å². The third-order valence-electron chi connectivity index (χ3n) is 5.79. The molecule has 0 unspecified atom stereocenters. The molecule has 0 bridgehead atoms. The van der Waals surface area contributed by atoms with Crippen LogP contribution in [0.25, 0.3) is 22.2 Å². The third-order valence-corrected chi connectivity index (χ3v) is 5.79. The Morgan fingerprint density at radius 3 is 2.52 bits per heavy atom. The van der Waals surface area contributed by atoms with Crippen molar-refractivity contribution in [1.29, 1.82) is 0 Å². The zero-order valence-corrected chi connectivity index (χ0v) is 18.1. The number of carbonyl (C=O) groups is 1. The molecule has 0 aliphatic rings. The van der Waals surface area contributed by atoms with Gasteiger partial charge in [0.2, 0.25) is 0 Å². The van der Waals surface area contributed by atoms with Gasteiger partial charge in [0.25, 0.3) is 5.91 Å². The van der Waals surface area contributed by atoms with Crippen LogP contribution in [0.2, 0.25) is 0 Å². The molecule has 0 radical (unpaired) electrons. The fourth-order valence-electron chi connectivity index (χ4n) is 4.03. The number of hydrogen-bond donors (Lipinski definition) is 3. The molecule has 7 heteroatoms. The Hall–Kier alpha value is -4.39. The predicted octanol–water partition coefficient (Wildman–Crippen LogP) is 3.78. The van der Waals surface area contributed by atoms with Gasteiger partial charge in [0, 0.05) is 25.6 Å². The minimum Gasteiger partial charge on any atom is -0.348 e. The van der Waals surface area contributed by atoms with E-state index in [4.69, 9.17) is 0 Å². The molecule has 2 heterocycles. The zero-order valence-electron chi connectivity index (χ0n) is 18.1. The van der Waals surface area contributed by atoms with Crippen LogP contribution in [0.1, 0.15) is 27.2 Å². The van der Waals surface area contributed by atoms with Crippen molar-refractivity contribution in [3.8, 4) is 11.1 Å². The van der Waals surface area contributed by atoms with Crippen LogP contribution in [0, 0.1) is 0 Å². The number of amides is 1. The highest BCUT2D eigenvalue weighted by Crippen LogP contribution is 2.26. The molecule has 1 amide bonds. The standard InChI is InChI=1S/C26H23N5O2/c1-31-23(14-17-6-3-2-4-7-17)21(16-28-31)25(32)27-15-18-10-12-19(13-11-18)20-8-5-9-22-24(20)30-26(33)29-22/h2-13,16H,14-15H2,1H3,(H,27,32)(H2,29,30,33). The molecule has 5 rings (SSSR count). The number of fused-ring (bicyclic) bond motifs is 1. The van der Waals surface area contributed by atoms with Gasteiger partial charge in [-0.3, -0.25) is 9.48 Å². The number of nitrogens with one attached hydrogen (secondary N) is 3. The molecular formula is C26H23N5O2. The molecule has 0 saturated heterocycles. The molecule has 5 aromatic rings. The number of nitrogens with zero attached hydrogens (tertiary/aromatic N) is 2. The van der Waals surface area contributed by atoms with Crippen LogP contribution in [0.3, 0.4) is 0 Å². The van der Waals surface area contributed by atoms with Crippen molar-refractivity contribution >= 4 is 16.9 Å². The van der Waals surface area contributed by atoms with Crippen molar-refractivity contribution in [3.05, 3.63) is 112 Å². The second kappa shape index (κ2) is 8.63. The summed E-state index contributed by atoms with van der Waals surface area (Å²) >= 11 is 0. The first-order valence-corrected chi connectivity index (χ1v) is 10.7. The highest BCUT2D eigenvalue weighted by molar-refractivity contribution is 5.95. The summed E-state index contributed by atoms with van der Waals surface area (Å²) in [5.74, 6) is -0.146. The van der Waals surface area contributed by atoms with E-state index >= 15 is 0 Å². The monoisotopic (exact) mass is 437 g/mol. The molecular weight excluding hydrogens is 414 g/mol. The number of carbonyl (C=O) groups excluding carboxylic acids is 1. The first-order chi connectivity index (χ1) is 16.1. The van der Waals surface area contributed by atoms with Gasteiger partial charge in [0.05, 0.1) is 28.5 Å². The number of hydrogen-bond acceptors (Lipinski definition) is 3. The normalized spacial score (nSPS) is 11.1. The van der Waals surface area contributed by atoms with E-state index in [1.807, 2.05) is 79.8 Å². The van der Waals surface area contributed by atoms with E-state index in [2.05, 4.69) is 20.4 Å². The summed E-state index contributed by atoms with van der Waals surface area (Å²) in [6.07, 6.45) is 2.26. The van der Waals surface area contributed by atoms with Crippen LogP contribution in [0.15, 0.2) is 83.8 Å². The Labute approximate surface area is 190 Å². The van der Waals surface area contributed by atoms with Crippen LogP contribution < -0.4 is 11.0 Å². The molecule has 2 aromatic heterocycles. The second-order valence-electron chi connectivity index (χ2n) is 7.98. The molecule has 7 nitrogen and oxygen atoms in total. The van der Waals surface area contributed by atoms with E-state index in [-0.39, 0.29) is 11.6 Å². The van der Waals surface area contributed by atoms with Gasteiger partial charge in [-0.1, -0.05) is 66.7 Å². The molecule has 0 aliphatic carbocycles. The molecule has 0 spiro atoms. The van der Waals surface area contributed by atoms with Gasteiger partial charge in [0.15, 0.2) is 0 Å². The molecule has 3 N–H and O–H groups in total. The van der Waals surface area contributed by atoms with Crippen molar-refractivity contribution in [2.24, 2.45) is 7.05 Å². The predicted molar refractivity (Wildman–Crippen MR) is 128 cm³/mol. The lowest BCUT2D eigenvalue weighted by atomic mass is 10.0. The summed E-state index contributed by atoms with van der Waals surface area (Å²) in [4.78, 5) is 30.2. The number of para-hydroxylation sites is 1. The SMILES string of the molecule is Cn1ncc(C(=O)NCc2ccc(-c3cccc4[nH]c(=O)[nH]c34)cc2)c1Cc1ccccc1. The zero-order chi connectivity index (χ0) is 22.8. The highest BCUT2D eigenvalue weighted by atomic mass is 16.2. The average molecular weight is 438 g/mol. The summed E-state index contributed by atoms with van der Waals surface area (Å²) in [5.41, 5.74) is 6.84. The maximum absolute atomic E-state index is 12.9. The Balaban J connectivity index is 1.29. The molecule has 0 atom stereocenters. The van der Waals surface area contributed by atoms with Gasteiger partial charge in [-0.25, -0.2) is 4.79 Å². The molecule has 33 heavy (non-hydrogen) atoms. The van der Waals surface area contributed by atoms with Gasteiger partial charge < -0.3 is 15.3 Å². The van der Waals surface area contributed by atoms with Gasteiger partial charge in [-0.15, -0.1) is 0 Å². The number of aromatic amines is 2. The molecule has 0 aliphatic heterocycles. The fourth-order valence-corrected chi connectivity index (χ4v) is 4.03. The summed E-state index contributed by atoms with van der Waals surface area (Å²) < 4.78 is 1.75. The maximum atomic E-state index is 12.9. The van der Waals surface area contributed by atoms with Gasteiger partial charge in [-0.05, 0) is 22.8 Å². The van der Waals surface area contributed by atoms with E-state index < -0.39 is 0 Å².